The Morgan fingerprint density at radius 3 is 2.31 bits per heavy atom. The van der Waals surface area contributed by atoms with Crippen LogP contribution in [0.4, 0.5) is 5.69 Å². The molecule has 132 valence electrons. The highest BCUT2D eigenvalue weighted by Crippen LogP contribution is 2.28. The molecule has 26 heavy (non-hydrogen) atoms. The van der Waals surface area contributed by atoms with Crippen molar-refractivity contribution in [2.45, 2.75) is 11.8 Å². The van der Waals surface area contributed by atoms with Crippen LogP contribution >= 0.6 is 11.6 Å². The van der Waals surface area contributed by atoms with Crippen LogP contribution in [0.1, 0.15) is 11.1 Å². The van der Waals surface area contributed by atoms with E-state index in [1.807, 2.05) is 31.2 Å². The average molecular weight is 386 g/mol. The van der Waals surface area contributed by atoms with Crippen LogP contribution in [0.3, 0.4) is 0 Å². The van der Waals surface area contributed by atoms with E-state index in [4.69, 9.17) is 15.8 Å². The molecule has 0 aliphatic rings. The zero-order chi connectivity index (χ0) is 18.6. The standard InChI is InChI=1S/C20H16ClNO3S/c1-15-7-10-17(11-8-15)22-14-16-9-12-20(19(21)13-16)25-26(23,24)18-5-3-2-4-6-18/h2-14H,1H3. The average Bonchev–Trinajstić information content (AvgIpc) is 2.64. The quantitative estimate of drug-likeness (QED) is 0.450. The summed E-state index contributed by atoms with van der Waals surface area (Å²) < 4.78 is 29.7. The molecule has 0 saturated carbocycles. The Morgan fingerprint density at radius 2 is 1.65 bits per heavy atom. The molecule has 6 heteroatoms. The third-order valence-corrected chi connectivity index (χ3v) is 5.13. The molecular weight excluding hydrogens is 370 g/mol. The Kier molecular flexibility index (Phi) is 5.40. The van der Waals surface area contributed by atoms with Crippen LogP contribution in [0.2, 0.25) is 5.02 Å². The van der Waals surface area contributed by atoms with E-state index in [1.54, 1.807) is 36.5 Å². The fourth-order valence-corrected chi connectivity index (χ4v) is 3.44. The van der Waals surface area contributed by atoms with Gasteiger partial charge in [-0.05, 0) is 55.0 Å². The van der Waals surface area contributed by atoms with Crippen molar-refractivity contribution in [3.8, 4) is 5.75 Å². The van der Waals surface area contributed by atoms with Crippen molar-refractivity contribution in [3.05, 3.63) is 88.9 Å². The summed E-state index contributed by atoms with van der Waals surface area (Å²) in [5.41, 5.74) is 2.71. The van der Waals surface area contributed by atoms with Crippen molar-refractivity contribution in [3.63, 3.8) is 0 Å². The summed E-state index contributed by atoms with van der Waals surface area (Å²) in [7, 11) is -3.93. The van der Waals surface area contributed by atoms with Crippen molar-refractivity contribution < 1.29 is 12.6 Å². The number of nitrogens with zero attached hydrogens (tertiary/aromatic N) is 1. The molecule has 0 radical (unpaired) electrons. The summed E-state index contributed by atoms with van der Waals surface area (Å²) in [5, 5.41) is 0.192. The Morgan fingerprint density at radius 1 is 0.962 bits per heavy atom. The third kappa shape index (κ3) is 4.50. The molecule has 3 aromatic rings. The maximum atomic E-state index is 12.3. The maximum absolute atomic E-state index is 12.3. The van der Waals surface area contributed by atoms with Crippen molar-refractivity contribution in [2.75, 3.05) is 0 Å². The van der Waals surface area contributed by atoms with E-state index in [1.165, 1.54) is 18.2 Å². The van der Waals surface area contributed by atoms with Crippen molar-refractivity contribution in [2.24, 2.45) is 4.99 Å². The molecule has 0 atom stereocenters. The third-order valence-electron chi connectivity index (χ3n) is 3.58. The first-order valence-corrected chi connectivity index (χ1v) is 9.62. The van der Waals surface area contributed by atoms with E-state index in [-0.39, 0.29) is 15.7 Å². The van der Waals surface area contributed by atoms with Crippen LogP contribution < -0.4 is 4.18 Å². The largest absolute Gasteiger partial charge is 0.377 e. The molecule has 3 aromatic carbocycles. The van der Waals surface area contributed by atoms with Crippen molar-refractivity contribution >= 4 is 33.6 Å². The van der Waals surface area contributed by atoms with Gasteiger partial charge in [-0.15, -0.1) is 0 Å². The lowest BCUT2D eigenvalue weighted by atomic mass is 10.2. The predicted octanol–water partition coefficient (Wildman–Crippen LogP) is 5.17. The predicted molar refractivity (Wildman–Crippen MR) is 104 cm³/mol. The van der Waals surface area contributed by atoms with Gasteiger partial charge in [0, 0.05) is 6.21 Å². The van der Waals surface area contributed by atoms with Gasteiger partial charge in [-0.25, -0.2) is 0 Å². The van der Waals surface area contributed by atoms with Crippen molar-refractivity contribution in [1.82, 2.24) is 0 Å². The molecule has 0 aromatic heterocycles. The zero-order valence-electron chi connectivity index (χ0n) is 14.0. The van der Waals surface area contributed by atoms with Gasteiger partial charge in [0.2, 0.25) is 0 Å². The second-order valence-electron chi connectivity index (χ2n) is 5.63. The molecular formula is C20H16ClNO3S. The van der Waals surface area contributed by atoms with E-state index in [2.05, 4.69) is 4.99 Å². The first-order valence-electron chi connectivity index (χ1n) is 7.84. The lowest BCUT2D eigenvalue weighted by Gasteiger charge is -2.08. The maximum Gasteiger partial charge on any atom is 0.339 e. The Bertz CT molecular complexity index is 1030. The van der Waals surface area contributed by atoms with Gasteiger partial charge in [-0.3, -0.25) is 4.99 Å². The summed E-state index contributed by atoms with van der Waals surface area (Å²) in [4.78, 5) is 4.44. The highest BCUT2D eigenvalue weighted by Gasteiger charge is 2.17. The molecule has 0 spiro atoms. The minimum atomic E-state index is -3.93. The number of hydrogen-bond acceptors (Lipinski definition) is 4. The van der Waals surface area contributed by atoms with E-state index < -0.39 is 10.1 Å². The van der Waals surface area contributed by atoms with Gasteiger partial charge in [0.05, 0.1) is 10.7 Å². The molecule has 0 saturated heterocycles. The monoisotopic (exact) mass is 385 g/mol. The molecule has 0 amide bonds. The SMILES string of the molecule is Cc1ccc(N=Cc2ccc(OS(=O)(=O)c3ccccc3)c(Cl)c2)cc1. The van der Waals surface area contributed by atoms with Gasteiger partial charge in [0.1, 0.15) is 4.90 Å². The molecule has 0 aliphatic heterocycles. The van der Waals surface area contributed by atoms with Crippen LogP contribution in [0, 0.1) is 6.92 Å². The Balaban J connectivity index is 1.78. The van der Waals surface area contributed by atoms with E-state index in [0.717, 1.165) is 16.8 Å². The number of hydrogen-bond donors (Lipinski definition) is 0. The summed E-state index contributed by atoms with van der Waals surface area (Å²) in [6.07, 6.45) is 1.66. The number of halogens is 1. The number of rotatable bonds is 5. The van der Waals surface area contributed by atoms with Crippen LogP contribution in [0.5, 0.6) is 5.75 Å². The second kappa shape index (κ2) is 7.72. The molecule has 0 N–H and O–H groups in total. The molecule has 0 unspecified atom stereocenters. The van der Waals surface area contributed by atoms with Gasteiger partial charge >= 0.3 is 10.1 Å². The number of benzene rings is 3. The Labute approximate surface area is 157 Å². The topological polar surface area (TPSA) is 55.7 Å². The summed E-state index contributed by atoms with van der Waals surface area (Å²) in [6.45, 7) is 2.01. The highest BCUT2D eigenvalue weighted by molar-refractivity contribution is 7.87. The van der Waals surface area contributed by atoms with Gasteiger partial charge in [-0.2, -0.15) is 8.42 Å². The fourth-order valence-electron chi connectivity index (χ4n) is 2.20. The van der Waals surface area contributed by atoms with Crippen LogP contribution in [-0.2, 0) is 10.1 Å². The molecule has 0 aliphatic carbocycles. The fraction of sp³-hybridized carbons (Fsp3) is 0.0500. The van der Waals surface area contributed by atoms with E-state index in [0.29, 0.717) is 0 Å². The summed E-state index contributed by atoms with van der Waals surface area (Å²) >= 11 is 6.17. The lowest BCUT2D eigenvalue weighted by Crippen LogP contribution is -2.09. The van der Waals surface area contributed by atoms with Crippen LogP contribution in [0.25, 0.3) is 0 Å². The number of aliphatic imine (C=N–C) groups is 1. The van der Waals surface area contributed by atoms with Gasteiger partial charge < -0.3 is 4.18 Å². The number of aryl methyl sites for hydroxylation is 1. The van der Waals surface area contributed by atoms with E-state index in [9.17, 15) is 8.42 Å². The van der Waals surface area contributed by atoms with E-state index >= 15 is 0 Å². The minimum absolute atomic E-state index is 0.0704. The highest BCUT2D eigenvalue weighted by atomic mass is 35.5. The molecule has 0 bridgehead atoms. The smallest absolute Gasteiger partial charge is 0.339 e. The lowest BCUT2D eigenvalue weighted by molar-refractivity contribution is 0.486. The molecule has 0 heterocycles. The van der Waals surface area contributed by atoms with Gasteiger partial charge in [0.25, 0.3) is 0 Å². The van der Waals surface area contributed by atoms with Crippen molar-refractivity contribution in [1.29, 1.82) is 0 Å². The van der Waals surface area contributed by atoms with Gasteiger partial charge in [-0.1, -0.05) is 47.5 Å². The van der Waals surface area contributed by atoms with Gasteiger partial charge in [0.15, 0.2) is 5.75 Å². The molecule has 3 rings (SSSR count). The second-order valence-corrected chi connectivity index (χ2v) is 7.59. The first kappa shape index (κ1) is 18.2. The Hall–Kier alpha value is -2.63. The molecule has 4 nitrogen and oxygen atoms in total. The summed E-state index contributed by atoms with van der Waals surface area (Å²) in [6, 6.07) is 20.5. The first-order chi connectivity index (χ1) is 12.4. The minimum Gasteiger partial charge on any atom is -0.377 e. The normalized spacial score (nSPS) is 11.6. The van der Waals surface area contributed by atoms with Crippen LogP contribution in [-0.4, -0.2) is 14.6 Å². The van der Waals surface area contributed by atoms with Crippen LogP contribution in [0.15, 0.2) is 82.7 Å². The summed E-state index contributed by atoms with van der Waals surface area (Å²) in [5.74, 6) is 0.0722. The molecule has 0 fully saturated rings. The zero-order valence-corrected chi connectivity index (χ0v) is 15.5.